The second kappa shape index (κ2) is 6.38. The summed E-state index contributed by atoms with van der Waals surface area (Å²) in [5.41, 5.74) is 0. The maximum Gasteiger partial charge on any atom is 0.0620 e. The first kappa shape index (κ1) is 12.0. The van der Waals surface area contributed by atoms with Gasteiger partial charge in [0.25, 0.3) is 0 Å². The molecule has 0 heterocycles. The van der Waals surface area contributed by atoms with Crippen LogP contribution in [0.4, 0.5) is 0 Å². The van der Waals surface area contributed by atoms with Crippen LogP contribution in [0.2, 0.25) is 0 Å². The number of nitrogens with one attached hydrogen (secondary N) is 1. The highest BCUT2D eigenvalue weighted by Crippen LogP contribution is 2.35. The highest BCUT2D eigenvalue weighted by molar-refractivity contribution is 4.87. The zero-order chi connectivity index (χ0) is 10.4. The third-order valence-electron chi connectivity index (χ3n) is 3.01. The van der Waals surface area contributed by atoms with Crippen molar-refractivity contribution in [3.63, 3.8) is 0 Å². The smallest absolute Gasteiger partial charge is 0.0620 e. The van der Waals surface area contributed by atoms with Crippen molar-refractivity contribution in [3.05, 3.63) is 0 Å². The molecule has 0 spiro atoms. The van der Waals surface area contributed by atoms with Gasteiger partial charge in [-0.1, -0.05) is 0 Å². The Labute approximate surface area is 87.8 Å². The van der Waals surface area contributed by atoms with Gasteiger partial charge in [-0.25, -0.2) is 0 Å². The largest absolute Gasteiger partial charge is 0.383 e. The van der Waals surface area contributed by atoms with Crippen LogP contribution in [0.5, 0.6) is 0 Å². The van der Waals surface area contributed by atoms with Crippen molar-refractivity contribution in [2.75, 3.05) is 40.9 Å². The van der Waals surface area contributed by atoms with E-state index in [1.54, 1.807) is 7.11 Å². The molecule has 14 heavy (non-hydrogen) atoms. The van der Waals surface area contributed by atoms with Crippen molar-refractivity contribution in [3.8, 4) is 0 Å². The van der Waals surface area contributed by atoms with Gasteiger partial charge in [0.1, 0.15) is 0 Å². The average Bonchev–Trinajstić information content (AvgIpc) is 2.98. The molecule has 0 aromatic heterocycles. The SMILES string of the molecule is CNCCCN(C)C(COC)C1CC1. The highest BCUT2D eigenvalue weighted by Gasteiger charge is 2.33. The lowest BCUT2D eigenvalue weighted by molar-refractivity contribution is 0.0933. The van der Waals surface area contributed by atoms with E-state index in [4.69, 9.17) is 4.74 Å². The zero-order valence-electron chi connectivity index (χ0n) is 9.75. The van der Waals surface area contributed by atoms with E-state index >= 15 is 0 Å². The van der Waals surface area contributed by atoms with Gasteiger partial charge in [0, 0.05) is 13.2 Å². The molecule has 1 aliphatic carbocycles. The summed E-state index contributed by atoms with van der Waals surface area (Å²) in [6.07, 6.45) is 4.01. The summed E-state index contributed by atoms with van der Waals surface area (Å²) in [4.78, 5) is 2.46. The maximum absolute atomic E-state index is 5.28. The van der Waals surface area contributed by atoms with Gasteiger partial charge in [-0.15, -0.1) is 0 Å². The molecule has 0 aromatic carbocycles. The van der Waals surface area contributed by atoms with Crippen LogP contribution >= 0.6 is 0 Å². The van der Waals surface area contributed by atoms with Crippen molar-refractivity contribution in [1.29, 1.82) is 0 Å². The fourth-order valence-electron chi connectivity index (χ4n) is 1.95. The molecule has 1 N–H and O–H groups in total. The molecule has 3 heteroatoms. The molecule has 0 aliphatic heterocycles. The molecular weight excluding hydrogens is 176 g/mol. The van der Waals surface area contributed by atoms with Gasteiger partial charge >= 0.3 is 0 Å². The van der Waals surface area contributed by atoms with E-state index in [-0.39, 0.29) is 0 Å². The summed E-state index contributed by atoms with van der Waals surface area (Å²) in [6.45, 7) is 3.17. The molecule has 1 rings (SSSR count). The Morgan fingerprint density at radius 2 is 2.21 bits per heavy atom. The Balaban J connectivity index is 2.19. The number of hydrogen-bond acceptors (Lipinski definition) is 3. The molecule has 0 saturated heterocycles. The average molecular weight is 200 g/mol. The van der Waals surface area contributed by atoms with E-state index < -0.39 is 0 Å². The third-order valence-corrected chi connectivity index (χ3v) is 3.01. The van der Waals surface area contributed by atoms with E-state index in [9.17, 15) is 0 Å². The van der Waals surface area contributed by atoms with Crippen LogP contribution in [0, 0.1) is 5.92 Å². The quantitative estimate of drug-likeness (QED) is 0.591. The third kappa shape index (κ3) is 3.95. The lowest BCUT2D eigenvalue weighted by atomic mass is 10.1. The van der Waals surface area contributed by atoms with Crippen molar-refractivity contribution in [2.45, 2.75) is 25.3 Å². The molecule has 1 unspecified atom stereocenters. The van der Waals surface area contributed by atoms with E-state index in [0.29, 0.717) is 6.04 Å². The lowest BCUT2D eigenvalue weighted by Gasteiger charge is -2.27. The molecule has 0 radical (unpaired) electrons. The summed E-state index contributed by atoms with van der Waals surface area (Å²) in [5.74, 6) is 0.898. The van der Waals surface area contributed by atoms with Gasteiger partial charge in [0.2, 0.25) is 0 Å². The summed E-state index contributed by atoms with van der Waals surface area (Å²) in [6, 6.07) is 0.650. The maximum atomic E-state index is 5.28. The molecule has 1 atom stereocenters. The molecule has 0 bridgehead atoms. The Morgan fingerprint density at radius 1 is 1.50 bits per heavy atom. The normalized spacial score (nSPS) is 18.9. The molecule has 0 amide bonds. The van der Waals surface area contributed by atoms with Crippen molar-refractivity contribution in [2.24, 2.45) is 5.92 Å². The number of rotatable bonds is 8. The topological polar surface area (TPSA) is 24.5 Å². The minimum Gasteiger partial charge on any atom is -0.383 e. The Morgan fingerprint density at radius 3 is 2.71 bits per heavy atom. The fourth-order valence-corrected chi connectivity index (χ4v) is 1.95. The first-order valence-electron chi connectivity index (χ1n) is 5.63. The van der Waals surface area contributed by atoms with Crippen LogP contribution in [-0.2, 0) is 4.74 Å². The second-order valence-corrected chi connectivity index (χ2v) is 4.30. The van der Waals surface area contributed by atoms with Gasteiger partial charge in [-0.05, 0) is 52.4 Å². The lowest BCUT2D eigenvalue weighted by Crippen LogP contribution is -2.38. The Kier molecular flexibility index (Phi) is 5.45. The minimum atomic E-state index is 0.650. The predicted molar refractivity (Wildman–Crippen MR) is 59.6 cm³/mol. The van der Waals surface area contributed by atoms with Crippen molar-refractivity contribution in [1.82, 2.24) is 10.2 Å². The predicted octanol–water partition coefficient (Wildman–Crippen LogP) is 0.953. The number of methoxy groups -OCH3 is 1. The van der Waals surface area contributed by atoms with E-state index in [0.717, 1.165) is 19.1 Å². The van der Waals surface area contributed by atoms with E-state index in [2.05, 4.69) is 17.3 Å². The standard InChI is InChI=1S/C11H24N2O/c1-12-7-4-8-13(2)11(9-14-3)10-5-6-10/h10-12H,4-9H2,1-3H3. The zero-order valence-corrected chi connectivity index (χ0v) is 9.75. The van der Waals surface area contributed by atoms with Crippen LogP contribution in [0.1, 0.15) is 19.3 Å². The summed E-state index contributed by atoms with van der Waals surface area (Å²) in [7, 11) is 6.03. The highest BCUT2D eigenvalue weighted by atomic mass is 16.5. The Bertz CT molecular complexity index is 148. The minimum absolute atomic E-state index is 0.650. The van der Waals surface area contributed by atoms with Crippen LogP contribution in [0.25, 0.3) is 0 Å². The van der Waals surface area contributed by atoms with Gasteiger partial charge in [-0.2, -0.15) is 0 Å². The first-order chi connectivity index (χ1) is 6.79. The molecular formula is C11H24N2O. The Hall–Kier alpha value is -0.120. The fraction of sp³-hybridized carbons (Fsp3) is 1.00. The summed E-state index contributed by atoms with van der Waals surface area (Å²) >= 11 is 0. The monoisotopic (exact) mass is 200 g/mol. The summed E-state index contributed by atoms with van der Waals surface area (Å²) in [5, 5.41) is 3.18. The van der Waals surface area contributed by atoms with Gasteiger partial charge in [0.05, 0.1) is 6.61 Å². The van der Waals surface area contributed by atoms with Crippen LogP contribution in [0.3, 0.4) is 0 Å². The molecule has 3 nitrogen and oxygen atoms in total. The van der Waals surface area contributed by atoms with E-state index in [1.165, 1.54) is 25.8 Å². The van der Waals surface area contributed by atoms with Crippen molar-refractivity contribution >= 4 is 0 Å². The van der Waals surface area contributed by atoms with Gasteiger partial charge < -0.3 is 15.0 Å². The van der Waals surface area contributed by atoms with Gasteiger partial charge in [-0.3, -0.25) is 0 Å². The molecule has 1 fully saturated rings. The number of hydrogen-bond donors (Lipinski definition) is 1. The molecule has 1 saturated carbocycles. The molecule has 0 aromatic rings. The second-order valence-electron chi connectivity index (χ2n) is 4.30. The van der Waals surface area contributed by atoms with Crippen molar-refractivity contribution < 1.29 is 4.74 Å². The number of nitrogens with zero attached hydrogens (tertiary/aromatic N) is 1. The molecule has 1 aliphatic rings. The first-order valence-corrected chi connectivity index (χ1v) is 5.63. The number of ether oxygens (including phenoxy) is 1. The van der Waals surface area contributed by atoms with Crippen LogP contribution in [-0.4, -0.2) is 51.8 Å². The summed E-state index contributed by atoms with van der Waals surface area (Å²) < 4.78 is 5.28. The number of likely N-dealkylation sites (N-methyl/N-ethyl adjacent to an activating group) is 1. The van der Waals surface area contributed by atoms with Crippen LogP contribution in [0.15, 0.2) is 0 Å². The van der Waals surface area contributed by atoms with Gasteiger partial charge in [0.15, 0.2) is 0 Å². The van der Waals surface area contributed by atoms with E-state index in [1.807, 2.05) is 7.05 Å². The van der Waals surface area contributed by atoms with Crippen LogP contribution < -0.4 is 5.32 Å². The molecule has 84 valence electrons.